The molecule has 0 spiro atoms. The lowest BCUT2D eigenvalue weighted by Crippen LogP contribution is -2.16. The Hall–Kier alpha value is -0.940. The largest absolute Gasteiger partial charge is 0.377 e. The van der Waals surface area contributed by atoms with Crippen molar-refractivity contribution in [3.8, 4) is 0 Å². The zero-order chi connectivity index (χ0) is 12.8. The summed E-state index contributed by atoms with van der Waals surface area (Å²) >= 11 is 7.60. The van der Waals surface area contributed by atoms with Crippen LogP contribution >= 0.6 is 23.4 Å². The molecule has 0 aliphatic rings. The van der Waals surface area contributed by atoms with Crippen LogP contribution in [0.5, 0.6) is 0 Å². The molecule has 0 saturated heterocycles. The second-order valence-electron chi connectivity index (χ2n) is 3.75. The summed E-state index contributed by atoms with van der Waals surface area (Å²) in [7, 11) is 0. The topological polar surface area (TPSA) is 55.2 Å². The molecule has 0 amide bonds. The Morgan fingerprint density at radius 1 is 1.59 bits per heavy atom. The van der Waals surface area contributed by atoms with Gasteiger partial charge in [-0.15, -0.1) is 0 Å². The maximum absolute atomic E-state index is 10.8. The molecule has 1 N–H and O–H groups in total. The normalized spacial score (nSPS) is 12.2. The number of anilines is 1. The van der Waals surface area contributed by atoms with Crippen molar-refractivity contribution in [2.45, 2.75) is 19.4 Å². The van der Waals surface area contributed by atoms with Gasteiger partial charge in [-0.25, -0.2) is 0 Å². The van der Waals surface area contributed by atoms with Gasteiger partial charge in [-0.05, 0) is 37.5 Å². The Balaban J connectivity index is 2.81. The van der Waals surface area contributed by atoms with Crippen molar-refractivity contribution in [3.05, 3.63) is 33.3 Å². The molecule has 1 unspecified atom stereocenters. The highest BCUT2D eigenvalue weighted by molar-refractivity contribution is 7.98. The Labute approximate surface area is 110 Å². The third-order valence-electron chi connectivity index (χ3n) is 2.31. The van der Waals surface area contributed by atoms with Crippen molar-refractivity contribution in [3.63, 3.8) is 0 Å². The highest BCUT2D eigenvalue weighted by atomic mass is 35.5. The SMILES string of the molecule is CSCCC(C)Nc1cc(Cl)ccc1[N+](=O)[O-]. The summed E-state index contributed by atoms with van der Waals surface area (Å²) in [5.74, 6) is 1.02. The molecular weight excluding hydrogens is 260 g/mol. The fourth-order valence-electron chi connectivity index (χ4n) is 1.42. The van der Waals surface area contributed by atoms with E-state index in [1.54, 1.807) is 17.8 Å². The summed E-state index contributed by atoms with van der Waals surface area (Å²) in [4.78, 5) is 10.4. The zero-order valence-electron chi connectivity index (χ0n) is 9.77. The van der Waals surface area contributed by atoms with Gasteiger partial charge in [-0.1, -0.05) is 11.6 Å². The molecule has 0 aromatic heterocycles. The second kappa shape index (κ2) is 6.71. The van der Waals surface area contributed by atoms with Gasteiger partial charge in [-0.2, -0.15) is 11.8 Å². The lowest BCUT2D eigenvalue weighted by atomic mass is 10.2. The van der Waals surface area contributed by atoms with Crippen LogP contribution in [-0.4, -0.2) is 23.0 Å². The highest BCUT2D eigenvalue weighted by Crippen LogP contribution is 2.28. The maximum Gasteiger partial charge on any atom is 0.292 e. The van der Waals surface area contributed by atoms with Gasteiger partial charge in [0.25, 0.3) is 5.69 Å². The number of hydrogen-bond donors (Lipinski definition) is 1. The molecule has 94 valence electrons. The first-order valence-corrected chi connectivity index (χ1v) is 7.01. The van der Waals surface area contributed by atoms with E-state index < -0.39 is 4.92 Å². The zero-order valence-corrected chi connectivity index (χ0v) is 11.3. The molecule has 0 aliphatic carbocycles. The number of thioether (sulfide) groups is 1. The van der Waals surface area contributed by atoms with E-state index in [0.717, 1.165) is 12.2 Å². The van der Waals surface area contributed by atoms with E-state index in [0.29, 0.717) is 10.7 Å². The van der Waals surface area contributed by atoms with Crippen molar-refractivity contribution < 1.29 is 4.92 Å². The molecule has 0 heterocycles. The summed E-state index contributed by atoms with van der Waals surface area (Å²) in [5, 5.41) is 14.5. The number of benzene rings is 1. The van der Waals surface area contributed by atoms with Gasteiger partial charge < -0.3 is 5.32 Å². The van der Waals surface area contributed by atoms with Gasteiger partial charge in [-0.3, -0.25) is 10.1 Å². The van der Waals surface area contributed by atoms with E-state index in [1.807, 2.05) is 13.2 Å². The summed E-state index contributed by atoms with van der Waals surface area (Å²) in [6, 6.07) is 4.72. The monoisotopic (exact) mass is 274 g/mol. The molecule has 1 aromatic carbocycles. The Morgan fingerprint density at radius 2 is 2.29 bits per heavy atom. The van der Waals surface area contributed by atoms with Crippen LogP contribution in [0.2, 0.25) is 5.02 Å². The van der Waals surface area contributed by atoms with Crippen molar-refractivity contribution in [2.75, 3.05) is 17.3 Å². The van der Waals surface area contributed by atoms with Crippen molar-refractivity contribution >= 4 is 34.7 Å². The third kappa shape index (κ3) is 4.44. The van der Waals surface area contributed by atoms with Crippen molar-refractivity contribution in [1.82, 2.24) is 0 Å². The molecule has 1 atom stereocenters. The summed E-state index contributed by atoms with van der Waals surface area (Å²) in [6.45, 7) is 2.00. The van der Waals surface area contributed by atoms with E-state index in [9.17, 15) is 10.1 Å². The van der Waals surface area contributed by atoms with Crippen LogP contribution in [-0.2, 0) is 0 Å². The van der Waals surface area contributed by atoms with Crippen molar-refractivity contribution in [2.24, 2.45) is 0 Å². The fourth-order valence-corrected chi connectivity index (χ4v) is 2.18. The minimum Gasteiger partial charge on any atom is -0.377 e. The quantitative estimate of drug-likeness (QED) is 0.633. The molecular formula is C11H15ClN2O2S. The number of rotatable bonds is 6. The molecule has 0 bridgehead atoms. The number of nitro benzene ring substituents is 1. The van der Waals surface area contributed by atoms with Gasteiger partial charge in [0.1, 0.15) is 5.69 Å². The molecule has 1 aromatic rings. The summed E-state index contributed by atoms with van der Waals surface area (Å²) in [6.07, 6.45) is 2.99. The number of nitrogens with one attached hydrogen (secondary N) is 1. The minimum atomic E-state index is -0.403. The number of nitrogens with zero attached hydrogens (tertiary/aromatic N) is 1. The van der Waals surface area contributed by atoms with Gasteiger partial charge >= 0.3 is 0 Å². The third-order valence-corrected chi connectivity index (χ3v) is 3.19. The summed E-state index contributed by atoms with van der Waals surface area (Å²) in [5.41, 5.74) is 0.543. The molecule has 17 heavy (non-hydrogen) atoms. The van der Waals surface area contributed by atoms with Crippen molar-refractivity contribution in [1.29, 1.82) is 0 Å². The standard InChI is InChI=1S/C11H15ClN2O2S/c1-8(5-6-17-2)13-10-7-9(12)3-4-11(10)14(15)16/h3-4,7-8,13H,5-6H2,1-2H3. The van der Waals surface area contributed by atoms with Crippen LogP contribution in [0.4, 0.5) is 11.4 Å². The molecule has 0 fully saturated rings. The van der Waals surface area contributed by atoms with Gasteiger partial charge in [0, 0.05) is 17.1 Å². The second-order valence-corrected chi connectivity index (χ2v) is 5.17. The average molecular weight is 275 g/mol. The Kier molecular flexibility index (Phi) is 5.58. The fraction of sp³-hybridized carbons (Fsp3) is 0.455. The lowest BCUT2D eigenvalue weighted by molar-refractivity contribution is -0.384. The van der Waals surface area contributed by atoms with E-state index in [2.05, 4.69) is 5.32 Å². The number of halogens is 1. The van der Waals surface area contributed by atoms with E-state index in [-0.39, 0.29) is 11.7 Å². The molecule has 0 aliphatic heterocycles. The number of nitro groups is 1. The van der Waals surface area contributed by atoms with Crippen LogP contribution in [0.1, 0.15) is 13.3 Å². The van der Waals surface area contributed by atoms with E-state index in [1.165, 1.54) is 12.1 Å². The van der Waals surface area contributed by atoms with Crippen LogP contribution in [0.3, 0.4) is 0 Å². The predicted molar refractivity (Wildman–Crippen MR) is 74.2 cm³/mol. The first kappa shape index (κ1) is 14.1. The molecule has 0 saturated carbocycles. The van der Waals surface area contributed by atoms with Gasteiger partial charge in [0.15, 0.2) is 0 Å². The molecule has 0 radical (unpaired) electrons. The molecule has 1 rings (SSSR count). The number of hydrogen-bond acceptors (Lipinski definition) is 4. The first-order valence-electron chi connectivity index (χ1n) is 5.24. The summed E-state index contributed by atoms with van der Waals surface area (Å²) < 4.78 is 0. The maximum atomic E-state index is 10.8. The molecule has 4 nitrogen and oxygen atoms in total. The van der Waals surface area contributed by atoms with Gasteiger partial charge in [0.2, 0.25) is 0 Å². The Morgan fingerprint density at radius 3 is 2.88 bits per heavy atom. The van der Waals surface area contributed by atoms with Crippen LogP contribution < -0.4 is 5.32 Å². The predicted octanol–water partition coefficient (Wildman–Crippen LogP) is 3.80. The van der Waals surface area contributed by atoms with Gasteiger partial charge in [0.05, 0.1) is 4.92 Å². The first-order chi connectivity index (χ1) is 8.04. The van der Waals surface area contributed by atoms with E-state index >= 15 is 0 Å². The molecule has 6 heteroatoms. The lowest BCUT2D eigenvalue weighted by Gasteiger charge is -2.14. The minimum absolute atomic E-state index is 0.0606. The average Bonchev–Trinajstić information content (AvgIpc) is 2.26. The highest BCUT2D eigenvalue weighted by Gasteiger charge is 2.15. The van der Waals surface area contributed by atoms with E-state index in [4.69, 9.17) is 11.6 Å². The Bertz CT molecular complexity index is 401. The smallest absolute Gasteiger partial charge is 0.292 e. The van der Waals surface area contributed by atoms with Crippen LogP contribution in [0, 0.1) is 10.1 Å². The van der Waals surface area contributed by atoms with Crippen LogP contribution in [0.15, 0.2) is 18.2 Å². The van der Waals surface area contributed by atoms with Crippen LogP contribution in [0.25, 0.3) is 0 Å².